The summed E-state index contributed by atoms with van der Waals surface area (Å²) in [7, 11) is 0. The third kappa shape index (κ3) is 5.48. The van der Waals surface area contributed by atoms with E-state index >= 15 is 0 Å². The van der Waals surface area contributed by atoms with Crippen molar-refractivity contribution < 1.29 is 14.3 Å². The Balaban J connectivity index is 1.40. The Morgan fingerprint density at radius 2 is 1.81 bits per heavy atom. The molecule has 7 heteroatoms. The molecule has 3 aromatic carbocycles. The van der Waals surface area contributed by atoms with Crippen LogP contribution < -0.4 is 10.1 Å². The molecule has 1 unspecified atom stereocenters. The molecule has 1 N–H and O–H groups in total. The van der Waals surface area contributed by atoms with E-state index in [2.05, 4.69) is 47.2 Å². The van der Waals surface area contributed by atoms with Crippen LogP contribution in [-0.2, 0) is 4.74 Å². The van der Waals surface area contributed by atoms with E-state index in [1.807, 2.05) is 78.4 Å². The zero-order valence-electron chi connectivity index (χ0n) is 24.3. The van der Waals surface area contributed by atoms with E-state index in [4.69, 9.17) is 9.47 Å². The lowest BCUT2D eigenvalue weighted by Gasteiger charge is -2.20. The standard InChI is InChI=1S/C35H36N4O3/c1-4-38(5-2)20-10-12-24(3)37-35(40)42-34-30-18-11-21-39(30)31-22-25-13-6-7-14-26(25)23-32(31)41-33(34)28-15-8-17-29-27(28)16-9-19-36-29/h6-9,11,13-19,21-24H,4-5,10,12,20H2,1-3H3,(H,37,40). The minimum atomic E-state index is -0.510. The number of nitrogens with one attached hydrogen (secondary N) is 1. The summed E-state index contributed by atoms with van der Waals surface area (Å²) in [6, 6.07) is 26.0. The average molecular weight is 561 g/mol. The van der Waals surface area contributed by atoms with Crippen molar-refractivity contribution in [2.45, 2.75) is 39.7 Å². The normalized spacial score (nSPS) is 13.4. The number of fused-ring (bicyclic) bond motifs is 5. The smallest absolute Gasteiger partial charge is 0.413 e. The molecule has 1 atom stereocenters. The molecule has 0 aliphatic carbocycles. The molecular formula is C35H36N4O3. The van der Waals surface area contributed by atoms with Crippen LogP contribution in [0.25, 0.3) is 38.9 Å². The number of pyridine rings is 1. The Hall–Kier alpha value is -4.62. The van der Waals surface area contributed by atoms with Crippen LogP contribution >= 0.6 is 0 Å². The molecule has 7 nitrogen and oxygen atoms in total. The minimum Gasteiger partial charge on any atom is -0.450 e. The van der Waals surface area contributed by atoms with Crippen molar-refractivity contribution in [3.8, 4) is 11.4 Å². The monoisotopic (exact) mass is 560 g/mol. The summed E-state index contributed by atoms with van der Waals surface area (Å²) in [5.41, 5.74) is 3.22. The molecule has 1 aliphatic rings. The SMILES string of the molecule is CCN(CC)CCCC(C)NC(=O)OC1=C(c2cccc3ncccc23)Oc2cc3ccccc3cc2-n2cccc21. The zero-order chi connectivity index (χ0) is 29.1. The largest absolute Gasteiger partial charge is 0.450 e. The molecule has 0 spiro atoms. The molecule has 2 aromatic heterocycles. The number of ether oxygens (including phenoxy) is 2. The number of carbonyl (C=O) groups excluding carboxylic acids is 1. The molecule has 0 radical (unpaired) electrons. The highest BCUT2D eigenvalue weighted by Gasteiger charge is 2.29. The molecule has 0 fully saturated rings. The molecule has 6 rings (SSSR count). The molecule has 0 bridgehead atoms. The van der Waals surface area contributed by atoms with Crippen LogP contribution in [0.3, 0.4) is 0 Å². The van der Waals surface area contributed by atoms with Gasteiger partial charge < -0.3 is 24.3 Å². The van der Waals surface area contributed by atoms with Gasteiger partial charge in [0.15, 0.2) is 17.3 Å². The maximum Gasteiger partial charge on any atom is 0.413 e. The summed E-state index contributed by atoms with van der Waals surface area (Å²) in [5, 5.41) is 6.11. The maximum absolute atomic E-state index is 13.4. The van der Waals surface area contributed by atoms with E-state index in [-0.39, 0.29) is 6.04 Å². The van der Waals surface area contributed by atoms with E-state index < -0.39 is 6.09 Å². The quantitative estimate of drug-likeness (QED) is 0.201. The number of aromatic nitrogens is 2. The average Bonchev–Trinajstić information content (AvgIpc) is 3.46. The van der Waals surface area contributed by atoms with Gasteiger partial charge >= 0.3 is 6.09 Å². The highest BCUT2D eigenvalue weighted by Crippen LogP contribution is 2.41. The van der Waals surface area contributed by atoms with Crippen molar-refractivity contribution in [1.82, 2.24) is 19.8 Å². The van der Waals surface area contributed by atoms with Crippen LogP contribution in [0.15, 0.2) is 91.3 Å². The van der Waals surface area contributed by atoms with Crippen LogP contribution in [0, 0.1) is 0 Å². The summed E-state index contributed by atoms with van der Waals surface area (Å²) in [6.45, 7) is 9.42. The van der Waals surface area contributed by atoms with Gasteiger partial charge in [-0.15, -0.1) is 0 Å². The Bertz CT molecular complexity index is 1760. The van der Waals surface area contributed by atoms with Gasteiger partial charge in [-0.1, -0.05) is 56.3 Å². The molecule has 214 valence electrons. The third-order valence-electron chi connectivity index (χ3n) is 7.94. The molecule has 1 aliphatic heterocycles. The number of nitrogens with zero attached hydrogens (tertiary/aromatic N) is 3. The Morgan fingerprint density at radius 1 is 1.00 bits per heavy atom. The second kappa shape index (κ2) is 12.1. The molecule has 42 heavy (non-hydrogen) atoms. The lowest BCUT2D eigenvalue weighted by Crippen LogP contribution is -2.34. The zero-order valence-corrected chi connectivity index (χ0v) is 24.3. The molecule has 3 heterocycles. The number of carbonyl (C=O) groups is 1. The lowest BCUT2D eigenvalue weighted by atomic mass is 10.0. The first-order valence-corrected chi connectivity index (χ1v) is 14.7. The Morgan fingerprint density at radius 3 is 2.62 bits per heavy atom. The van der Waals surface area contributed by atoms with Gasteiger partial charge in [0.05, 0.1) is 16.9 Å². The van der Waals surface area contributed by atoms with Gasteiger partial charge in [-0.3, -0.25) is 4.98 Å². The number of rotatable bonds is 9. The van der Waals surface area contributed by atoms with Crippen molar-refractivity contribution >= 4 is 39.3 Å². The fourth-order valence-electron chi connectivity index (χ4n) is 5.66. The molecule has 5 aromatic rings. The fourth-order valence-corrected chi connectivity index (χ4v) is 5.66. The van der Waals surface area contributed by atoms with Crippen molar-refractivity contribution in [1.29, 1.82) is 0 Å². The van der Waals surface area contributed by atoms with Gasteiger partial charge in [-0.25, -0.2) is 4.79 Å². The second-order valence-electron chi connectivity index (χ2n) is 10.7. The van der Waals surface area contributed by atoms with E-state index in [0.29, 0.717) is 17.3 Å². The van der Waals surface area contributed by atoms with Crippen LogP contribution in [0.1, 0.15) is 44.9 Å². The number of amides is 1. The first-order valence-electron chi connectivity index (χ1n) is 14.7. The van der Waals surface area contributed by atoms with E-state index in [1.54, 1.807) is 6.20 Å². The Kier molecular flexibility index (Phi) is 7.93. The van der Waals surface area contributed by atoms with Crippen LogP contribution in [-0.4, -0.2) is 46.2 Å². The van der Waals surface area contributed by atoms with Gasteiger partial charge in [0.1, 0.15) is 0 Å². The van der Waals surface area contributed by atoms with Gasteiger partial charge in [0.25, 0.3) is 0 Å². The number of benzene rings is 3. The topological polar surface area (TPSA) is 68.6 Å². The maximum atomic E-state index is 13.4. The summed E-state index contributed by atoms with van der Waals surface area (Å²) >= 11 is 0. The molecule has 0 saturated heterocycles. The number of hydrogen-bond acceptors (Lipinski definition) is 5. The first-order chi connectivity index (χ1) is 20.6. The molecule has 1 amide bonds. The summed E-state index contributed by atoms with van der Waals surface area (Å²) in [5.74, 6) is 1.49. The fraction of sp³-hybridized carbons (Fsp3) is 0.257. The summed E-state index contributed by atoms with van der Waals surface area (Å²) in [4.78, 5) is 20.4. The first kappa shape index (κ1) is 27.5. The van der Waals surface area contributed by atoms with Crippen LogP contribution in [0.5, 0.6) is 5.75 Å². The van der Waals surface area contributed by atoms with Crippen molar-refractivity contribution in [2.75, 3.05) is 19.6 Å². The van der Waals surface area contributed by atoms with Gasteiger partial charge in [-0.05, 0) is 86.6 Å². The summed E-state index contributed by atoms with van der Waals surface area (Å²) < 4.78 is 15.0. The predicted octanol–water partition coefficient (Wildman–Crippen LogP) is 7.63. The minimum absolute atomic E-state index is 0.0418. The van der Waals surface area contributed by atoms with Crippen LogP contribution in [0.4, 0.5) is 4.79 Å². The van der Waals surface area contributed by atoms with Gasteiger partial charge in [-0.2, -0.15) is 0 Å². The van der Waals surface area contributed by atoms with E-state index in [0.717, 1.165) is 71.1 Å². The Labute approximate surface area is 246 Å². The highest BCUT2D eigenvalue weighted by molar-refractivity contribution is 6.00. The molecule has 0 saturated carbocycles. The lowest BCUT2D eigenvalue weighted by molar-refractivity contribution is 0.186. The van der Waals surface area contributed by atoms with Crippen molar-refractivity contribution in [3.63, 3.8) is 0 Å². The number of hydrogen-bond donors (Lipinski definition) is 1. The number of alkyl carbamates (subject to hydrolysis) is 1. The van der Waals surface area contributed by atoms with Crippen molar-refractivity contribution in [2.24, 2.45) is 0 Å². The van der Waals surface area contributed by atoms with Crippen molar-refractivity contribution in [3.05, 3.63) is 103 Å². The van der Waals surface area contributed by atoms with Gasteiger partial charge in [0, 0.05) is 29.4 Å². The molecular weight excluding hydrogens is 524 g/mol. The second-order valence-corrected chi connectivity index (χ2v) is 10.7. The van der Waals surface area contributed by atoms with E-state index in [9.17, 15) is 4.79 Å². The van der Waals surface area contributed by atoms with E-state index in [1.165, 1.54) is 0 Å². The third-order valence-corrected chi connectivity index (χ3v) is 7.94. The highest BCUT2D eigenvalue weighted by atomic mass is 16.6. The van der Waals surface area contributed by atoms with Gasteiger partial charge in [0.2, 0.25) is 0 Å². The predicted molar refractivity (Wildman–Crippen MR) is 169 cm³/mol. The summed E-state index contributed by atoms with van der Waals surface area (Å²) in [6.07, 6.45) is 5.08. The van der Waals surface area contributed by atoms with Crippen LogP contribution in [0.2, 0.25) is 0 Å².